The lowest BCUT2D eigenvalue weighted by atomic mass is 9.87. The maximum absolute atomic E-state index is 5.87. The lowest BCUT2D eigenvalue weighted by Crippen LogP contribution is -2.45. The van der Waals surface area contributed by atoms with E-state index in [9.17, 15) is 0 Å². The normalized spacial score (nSPS) is 40.8. The average molecular weight is 184 g/mol. The Hall–Kier alpha value is -0.340. The molecule has 1 fully saturated rings. The molecule has 2 unspecified atom stereocenters. The predicted octanol–water partition coefficient (Wildman–Crippen LogP) is 2.74. The molecule has 1 heterocycles. The average Bonchev–Trinajstić information content (AvgIpc) is 2.13. The van der Waals surface area contributed by atoms with Crippen LogP contribution in [0.1, 0.15) is 33.6 Å². The van der Waals surface area contributed by atoms with Gasteiger partial charge in [0.15, 0.2) is 5.79 Å². The van der Waals surface area contributed by atoms with E-state index < -0.39 is 5.79 Å². The van der Waals surface area contributed by atoms with Crippen LogP contribution >= 0.6 is 0 Å². The number of methoxy groups -OCH3 is 1. The van der Waals surface area contributed by atoms with E-state index in [2.05, 4.69) is 27.4 Å². The molecular formula is C11H20O2. The first-order chi connectivity index (χ1) is 6.04. The highest BCUT2D eigenvalue weighted by atomic mass is 16.7. The third-order valence-corrected chi connectivity index (χ3v) is 3.16. The minimum atomic E-state index is -0.414. The summed E-state index contributed by atoms with van der Waals surface area (Å²) in [5.74, 6) is 0.0260. The molecule has 0 amide bonds. The van der Waals surface area contributed by atoms with Gasteiger partial charge in [-0.15, -0.1) is 0 Å². The Labute approximate surface area is 80.9 Å². The van der Waals surface area contributed by atoms with Crippen LogP contribution < -0.4 is 0 Å². The molecule has 1 saturated heterocycles. The van der Waals surface area contributed by atoms with Gasteiger partial charge < -0.3 is 9.47 Å². The highest BCUT2D eigenvalue weighted by molar-refractivity contribution is 5.08. The quantitative estimate of drug-likeness (QED) is 0.614. The monoisotopic (exact) mass is 184 g/mol. The maximum atomic E-state index is 5.87. The Bertz CT molecular complexity index is 194. The molecule has 0 bridgehead atoms. The van der Waals surface area contributed by atoms with E-state index >= 15 is 0 Å². The van der Waals surface area contributed by atoms with Gasteiger partial charge in [0.2, 0.25) is 0 Å². The summed E-state index contributed by atoms with van der Waals surface area (Å²) in [5.41, 5.74) is 1.24. The lowest BCUT2D eigenvalue weighted by molar-refractivity contribution is -0.263. The van der Waals surface area contributed by atoms with E-state index in [0.717, 1.165) is 12.8 Å². The van der Waals surface area contributed by atoms with E-state index in [1.807, 2.05) is 0 Å². The first kappa shape index (κ1) is 10.7. The van der Waals surface area contributed by atoms with Crippen molar-refractivity contribution in [1.82, 2.24) is 0 Å². The van der Waals surface area contributed by atoms with Crippen molar-refractivity contribution < 1.29 is 9.47 Å². The van der Waals surface area contributed by atoms with Crippen LogP contribution in [-0.4, -0.2) is 19.0 Å². The molecule has 0 aromatic rings. The Balaban J connectivity index is 2.77. The number of hydrogen-bond acceptors (Lipinski definition) is 2. The molecule has 76 valence electrons. The van der Waals surface area contributed by atoms with Crippen molar-refractivity contribution >= 4 is 0 Å². The smallest absolute Gasteiger partial charge is 0.171 e. The number of hydrogen-bond donors (Lipinski definition) is 0. The standard InChI is InChI=1S/C11H20O2/c1-6-11(12-5)7-8(2)9(3)10(4)13-11/h9-10H,2,6-7H2,1,3-5H3/t9?,10?,11-/m0/s1. The summed E-state index contributed by atoms with van der Waals surface area (Å²) in [5, 5.41) is 0. The molecule has 2 nitrogen and oxygen atoms in total. The largest absolute Gasteiger partial charge is 0.353 e. The second-order valence-electron chi connectivity index (χ2n) is 3.92. The molecule has 0 aliphatic carbocycles. The first-order valence-corrected chi connectivity index (χ1v) is 4.95. The van der Waals surface area contributed by atoms with Crippen LogP contribution in [0.5, 0.6) is 0 Å². The van der Waals surface area contributed by atoms with Gasteiger partial charge in [-0.25, -0.2) is 0 Å². The van der Waals surface area contributed by atoms with Gasteiger partial charge in [0.25, 0.3) is 0 Å². The molecule has 0 spiro atoms. The second-order valence-corrected chi connectivity index (χ2v) is 3.92. The Morgan fingerprint density at radius 3 is 2.62 bits per heavy atom. The van der Waals surface area contributed by atoms with Gasteiger partial charge in [-0.1, -0.05) is 26.0 Å². The van der Waals surface area contributed by atoms with Gasteiger partial charge in [-0.3, -0.25) is 0 Å². The fourth-order valence-corrected chi connectivity index (χ4v) is 1.79. The molecule has 0 aromatic heterocycles. The summed E-state index contributed by atoms with van der Waals surface area (Å²) >= 11 is 0. The molecule has 3 atom stereocenters. The van der Waals surface area contributed by atoms with E-state index in [0.29, 0.717) is 5.92 Å². The Morgan fingerprint density at radius 1 is 1.62 bits per heavy atom. The van der Waals surface area contributed by atoms with Crippen LogP contribution in [0.15, 0.2) is 12.2 Å². The van der Waals surface area contributed by atoms with E-state index in [4.69, 9.17) is 9.47 Å². The fourth-order valence-electron chi connectivity index (χ4n) is 1.79. The van der Waals surface area contributed by atoms with Crippen molar-refractivity contribution in [3.8, 4) is 0 Å². The first-order valence-electron chi connectivity index (χ1n) is 4.95. The fraction of sp³-hybridized carbons (Fsp3) is 0.818. The van der Waals surface area contributed by atoms with E-state index in [1.54, 1.807) is 7.11 Å². The minimum Gasteiger partial charge on any atom is -0.353 e. The molecule has 0 aromatic carbocycles. The zero-order valence-corrected chi connectivity index (χ0v) is 9.09. The SMILES string of the molecule is C=C1C[C@@](CC)(OC)OC(C)C1C. The van der Waals surface area contributed by atoms with Crippen molar-refractivity contribution in [2.24, 2.45) is 5.92 Å². The maximum Gasteiger partial charge on any atom is 0.171 e. The van der Waals surface area contributed by atoms with E-state index in [1.165, 1.54) is 5.57 Å². The van der Waals surface area contributed by atoms with Crippen LogP contribution in [0, 0.1) is 5.92 Å². The molecule has 1 aliphatic heterocycles. The zero-order valence-electron chi connectivity index (χ0n) is 9.09. The lowest BCUT2D eigenvalue weighted by Gasteiger charge is -2.42. The van der Waals surface area contributed by atoms with Crippen molar-refractivity contribution in [2.75, 3.05) is 7.11 Å². The summed E-state index contributed by atoms with van der Waals surface area (Å²) in [6.45, 7) is 10.4. The molecule has 0 saturated carbocycles. The molecule has 0 radical (unpaired) electrons. The summed E-state index contributed by atoms with van der Waals surface area (Å²) < 4.78 is 11.3. The van der Waals surface area contributed by atoms with Crippen LogP contribution in [0.4, 0.5) is 0 Å². The highest BCUT2D eigenvalue weighted by Crippen LogP contribution is 2.37. The topological polar surface area (TPSA) is 18.5 Å². The molecule has 2 heteroatoms. The second kappa shape index (κ2) is 3.81. The number of ether oxygens (including phenoxy) is 2. The van der Waals surface area contributed by atoms with Crippen LogP contribution in [-0.2, 0) is 9.47 Å². The highest BCUT2D eigenvalue weighted by Gasteiger charge is 2.39. The van der Waals surface area contributed by atoms with Crippen molar-refractivity contribution in [1.29, 1.82) is 0 Å². The van der Waals surface area contributed by atoms with Gasteiger partial charge in [0.1, 0.15) is 0 Å². The van der Waals surface area contributed by atoms with Crippen molar-refractivity contribution in [3.63, 3.8) is 0 Å². The van der Waals surface area contributed by atoms with Gasteiger partial charge in [0, 0.05) is 19.4 Å². The number of rotatable bonds is 2. The molecule has 1 rings (SSSR count). The zero-order chi connectivity index (χ0) is 10.1. The Kier molecular flexibility index (Phi) is 3.14. The van der Waals surface area contributed by atoms with Gasteiger partial charge in [-0.05, 0) is 13.3 Å². The minimum absolute atomic E-state index is 0.209. The van der Waals surface area contributed by atoms with Crippen LogP contribution in [0.2, 0.25) is 0 Å². The van der Waals surface area contributed by atoms with E-state index in [-0.39, 0.29) is 6.10 Å². The summed E-state index contributed by atoms with van der Waals surface area (Å²) in [6, 6.07) is 0. The molecule has 0 N–H and O–H groups in total. The molecular weight excluding hydrogens is 164 g/mol. The van der Waals surface area contributed by atoms with Crippen LogP contribution in [0.25, 0.3) is 0 Å². The van der Waals surface area contributed by atoms with Crippen LogP contribution in [0.3, 0.4) is 0 Å². The third-order valence-electron chi connectivity index (χ3n) is 3.16. The molecule has 13 heavy (non-hydrogen) atoms. The van der Waals surface area contributed by atoms with Gasteiger partial charge in [-0.2, -0.15) is 0 Å². The third kappa shape index (κ3) is 1.94. The van der Waals surface area contributed by atoms with Crippen molar-refractivity contribution in [3.05, 3.63) is 12.2 Å². The summed E-state index contributed by atoms with van der Waals surface area (Å²) in [7, 11) is 1.71. The summed E-state index contributed by atoms with van der Waals surface area (Å²) in [4.78, 5) is 0. The predicted molar refractivity (Wildman–Crippen MR) is 53.5 cm³/mol. The molecule has 1 aliphatic rings. The summed E-state index contributed by atoms with van der Waals surface area (Å²) in [6.07, 6.45) is 1.91. The van der Waals surface area contributed by atoms with Crippen molar-refractivity contribution in [2.45, 2.75) is 45.5 Å². The van der Waals surface area contributed by atoms with Gasteiger partial charge in [0.05, 0.1) is 6.10 Å². The Morgan fingerprint density at radius 2 is 2.23 bits per heavy atom. The van der Waals surface area contributed by atoms with Gasteiger partial charge >= 0.3 is 0 Å².